The van der Waals surface area contributed by atoms with Gasteiger partial charge in [0.25, 0.3) is 0 Å². The van der Waals surface area contributed by atoms with Gasteiger partial charge in [-0.25, -0.2) is 4.79 Å². The summed E-state index contributed by atoms with van der Waals surface area (Å²) in [6.07, 6.45) is 1.78. The van der Waals surface area contributed by atoms with Crippen LogP contribution in [0.2, 0.25) is 0 Å². The highest BCUT2D eigenvalue weighted by Gasteiger charge is 2.20. The Morgan fingerprint density at radius 2 is 1.88 bits per heavy atom. The lowest BCUT2D eigenvalue weighted by atomic mass is 10.2. The minimum atomic E-state index is -0.475. The number of aliphatic imine (C=N–C) groups is 1. The molecule has 0 fully saturated rings. The number of guanidine groups is 1. The molecule has 7 heteroatoms. The molecule has 1 unspecified atom stereocenters. The van der Waals surface area contributed by atoms with Crippen molar-refractivity contribution >= 4 is 12.1 Å². The normalized spacial score (nSPS) is 13.3. The molecule has 0 spiro atoms. The van der Waals surface area contributed by atoms with Gasteiger partial charge in [0.05, 0.1) is 0 Å². The molecule has 1 atom stereocenters. The Kier molecular flexibility index (Phi) is 12.9. The largest absolute Gasteiger partial charge is 0.444 e. The van der Waals surface area contributed by atoms with E-state index in [1.54, 1.807) is 11.9 Å². The number of nitrogens with zero attached hydrogens (tertiary/aromatic N) is 2. The average Bonchev–Trinajstić information content (AvgIpc) is 2.54. The maximum Gasteiger partial charge on any atom is 0.410 e. The van der Waals surface area contributed by atoms with Crippen molar-refractivity contribution in [3.63, 3.8) is 0 Å². The van der Waals surface area contributed by atoms with Gasteiger partial charge in [-0.05, 0) is 53.4 Å². The van der Waals surface area contributed by atoms with Gasteiger partial charge in [0.15, 0.2) is 5.96 Å². The number of hydrogen-bond donors (Lipinski definition) is 2. The van der Waals surface area contributed by atoms with E-state index >= 15 is 0 Å². The lowest BCUT2D eigenvalue weighted by Gasteiger charge is -2.26. The first-order valence-electron chi connectivity index (χ1n) is 9.73. The van der Waals surface area contributed by atoms with Gasteiger partial charge in [-0.2, -0.15) is 0 Å². The molecule has 0 aliphatic carbocycles. The highest BCUT2D eigenvalue weighted by atomic mass is 16.6. The van der Waals surface area contributed by atoms with E-state index in [0.717, 1.165) is 45.1 Å². The summed E-state index contributed by atoms with van der Waals surface area (Å²) in [5, 5.41) is 6.59. The van der Waals surface area contributed by atoms with E-state index < -0.39 is 5.60 Å². The fraction of sp³-hybridized carbons (Fsp3) is 0.895. The Bertz CT molecular complexity index is 408. The van der Waals surface area contributed by atoms with Gasteiger partial charge in [-0.15, -0.1) is 0 Å². The summed E-state index contributed by atoms with van der Waals surface area (Å²) in [5.74, 6) is 1.05. The van der Waals surface area contributed by atoms with Crippen molar-refractivity contribution in [2.45, 2.75) is 60.0 Å². The van der Waals surface area contributed by atoms with Gasteiger partial charge >= 0.3 is 6.09 Å². The highest BCUT2D eigenvalue weighted by molar-refractivity contribution is 5.79. The lowest BCUT2D eigenvalue weighted by Crippen LogP contribution is -2.39. The topological polar surface area (TPSA) is 75.2 Å². The molecular weight excluding hydrogens is 332 g/mol. The van der Waals surface area contributed by atoms with Crippen molar-refractivity contribution in [2.24, 2.45) is 10.9 Å². The summed E-state index contributed by atoms with van der Waals surface area (Å²) in [4.78, 5) is 18.2. The summed E-state index contributed by atoms with van der Waals surface area (Å²) in [7, 11) is 1.76. The van der Waals surface area contributed by atoms with Crippen LogP contribution in [0.5, 0.6) is 0 Å². The molecule has 0 saturated carbocycles. The molecule has 0 aromatic rings. The molecule has 0 aromatic heterocycles. The van der Waals surface area contributed by atoms with Crippen LogP contribution in [-0.2, 0) is 9.47 Å². The van der Waals surface area contributed by atoms with E-state index in [0.29, 0.717) is 13.1 Å². The third-order valence-electron chi connectivity index (χ3n) is 3.41. The summed E-state index contributed by atoms with van der Waals surface area (Å²) >= 11 is 0. The molecule has 2 N–H and O–H groups in total. The van der Waals surface area contributed by atoms with Crippen LogP contribution in [0.1, 0.15) is 54.4 Å². The van der Waals surface area contributed by atoms with Gasteiger partial charge in [0.2, 0.25) is 0 Å². The average molecular weight is 373 g/mol. The van der Waals surface area contributed by atoms with Crippen molar-refractivity contribution in [3.05, 3.63) is 0 Å². The number of unbranched alkanes of at least 4 members (excludes halogenated alkanes) is 1. The molecule has 0 aromatic carbocycles. The van der Waals surface area contributed by atoms with Crippen LogP contribution in [0.3, 0.4) is 0 Å². The van der Waals surface area contributed by atoms with Crippen molar-refractivity contribution in [3.8, 4) is 0 Å². The summed E-state index contributed by atoms with van der Waals surface area (Å²) in [6, 6.07) is 0. The SMILES string of the molecule is CCNC(=NCC(C)CN(C)C(=O)OC(C)(C)C)NCCCCOCC. The zero-order valence-electron chi connectivity index (χ0n) is 17.9. The van der Waals surface area contributed by atoms with E-state index in [-0.39, 0.29) is 12.0 Å². The molecule has 0 aliphatic rings. The van der Waals surface area contributed by atoms with Gasteiger partial charge in [-0.1, -0.05) is 6.92 Å². The van der Waals surface area contributed by atoms with E-state index in [2.05, 4.69) is 22.5 Å². The molecule has 0 rings (SSSR count). The van der Waals surface area contributed by atoms with E-state index in [1.807, 2.05) is 34.6 Å². The zero-order chi connectivity index (χ0) is 20.0. The monoisotopic (exact) mass is 372 g/mol. The second-order valence-electron chi connectivity index (χ2n) is 7.52. The van der Waals surface area contributed by atoms with Crippen molar-refractivity contribution in [1.82, 2.24) is 15.5 Å². The number of ether oxygens (including phenoxy) is 2. The predicted molar refractivity (Wildman–Crippen MR) is 108 cm³/mol. The molecule has 0 saturated heterocycles. The Hall–Kier alpha value is -1.50. The maximum absolute atomic E-state index is 12.0. The molecule has 0 bridgehead atoms. The Balaban J connectivity index is 4.26. The van der Waals surface area contributed by atoms with Crippen LogP contribution in [0, 0.1) is 5.92 Å². The zero-order valence-corrected chi connectivity index (χ0v) is 17.9. The minimum absolute atomic E-state index is 0.237. The standard InChI is InChI=1S/C19H40N4O3/c1-8-20-17(21-12-10-11-13-25-9-2)22-14-16(3)15-23(7)18(24)26-19(4,5)6/h16H,8-15H2,1-7H3,(H2,20,21,22). The fourth-order valence-electron chi connectivity index (χ4n) is 2.21. The van der Waals surface area contributed by atoms with Gasteiger partial charge in [0, 0.05) is 46.4 Å². The molecule has 7 nitrogen and oxygen atoms in total. The summed E-state index contributed by atoms with van der Waals surface area (Å²) < 4.78 is 10.7. The number of rotatable bonds is 11. The third-order valence-corrected chi connectivity index (χ3v) is 3.41. The summed E-state index contributed by atoms with van der Waals surface area (Å²) in [5.41, 5.74) is -0.475. The van der Waals surface area contributed by atoms with Crippen LogP contribution >= 0.6 is 0 Å². The Labute approximate surface area is 159 Å². The minimum Gasteiger partial charge on any atom is -0.444 e. The van der Waals surface area contributed by atoms with Gasteiger partial charge < -0.3 is 25.0 Å². The summed E-state index contributed by atoms with van der Waals surface area (Å²) in [6.45, 7) is 16.2. The van der Waals surface area contributed by atoms with Crippen LogP contribution < -0.4 is 10.6 Å². The Morgan fingerprint density at radius 1 is 1.19 bits per heavy atom. The van der Waals surface area contributed by atoms with Crippen LogP contribution in [0.25, 0.3) is 0 Å². The first-order valence-corrected chi connectivity index (χ1v) is 9.73. The number of hydrogen-bond acceptors (Lipinski definition) is 4. The molecule has 0 radical (unpaired) electrons. The second kappa shape index (κ2) is 13.7. The molecule has 26 heavy (non-hydrogen) atoms. The molecule has 1 amide bonds. The smallest absolute Gasteiger partial charge is 0.410 e. The first kappa shape index (κ1) is 24.5. The molecule has 154 valence electrons. The number of nitrogens with one attached hydrogen (secondary N) is 2. The quantitative estimate of drug-likeness (QED) is 0.331. The number of carbonyl (C=O) groups excluding carboxylic acids is 1. The fourth-order valence-corrected chi connectivity index (χ4v) is 2.21. The van der Waals surface area contributed by atoms with Crippen LogP contribution in [0.15, 0.2) is 4.99 Å². The number of carbonyl (C=O) groups is 1. The van der Waals surface area contributed by atoms with Crippen molar-refractivity contribution < 1.29 is 14.3 Å². The Morgan fingerprint density at radius 3 is 2.46 bits per heavy atom. The van der Waals surface area contributed by atoms with E-state index in [1.165, 1.54) is 0 Å². The highest BCUT2D eigenvalue weighted by Crippen LogP contribution is 2.10. The van der Waals surface area contributed by atoms with Crippen LogP contribution in [0.4, 0.5) is 4.79 Å². The van der Waals surface area contributed by atoms with E-state index in [9.17, 15) is 4.79 Å². The number of amides is 1. The lowest BCUT2D eigenvalue weighted by molar-refractivity contribution is 0.0279. The maximum atomic E-state index is 12.0. The molecular formula is C19H40N4O3. The third kappa shape index (κ3) is 13.8. The molecule has 0 aliphatic heterocycles. The van der Waals surface area contributed by atoms with Crippen molar-refractivity contribution in [2.75, 3.05) is 46.4 Å². The van der Waals surface area contributed by atoms with Crippen molar-refractivity contribution in [1.29, 1.82) is 0 Å². The first-order chi connectivity index (χ1) is 12.2. The van der Waals surface area contributed by atoms with Crippen LogP contribution in [-0.4, -0.2) is 69.0 Å². The van der Waals surface area contributed by atoms with E-state index in [4.69, 9.17) is 9.47 Å². The predicted octanol–water partition coefficient (Wildman–Crippen LogP) is 2.86. The second-order valence-corrected chi connectivity index (χ2v) is 7.52. The van der Waals surface area contributed by atoms with Gasteiger partial charge in [-0.3, -0.25) is 4.99 Å². The van der Waals surface area contributed by atoms with Gasteiger partial charge in [0.1, 0.15) is 5.60 Å². The molecule has 0 heterocycles.